The normalized spacial score (nSPS) is 15.1. The Morgan fingerprint density at radius 3 is 2.19 bits per heavy atom. The molecule has 0 saturated carbocycles. The number of hydrogen-bond acceptors (Lipinski definition) is 3. The fourth-order valence-corrected chi connectivity index (χ4v) is 3.50. The van der Waals surface area contributed by atoms with Crippen molar-refractivity contribution in [3.8, 4) is 0 Å². The highest BCUT2D eigenvalue weighted by Crippen LogP contribution is 2.22. The smallest absolute Gasteiger partial charge is 0.166 e. The number of piperidine rings is 1. The maximum atomic E-state index is 12.9. The van der Waals surface area contributed by atoms with E-state index in [1.165, 1.54) is 12.1 Å². The highest BCUT2D eigenvalue weighted by atomic mass is 35.5. The van der Waals surface area contributed by atoms with Crippen LogP contribution >= 0.6 is 12.4 Å². The van der Waals surface area contributed by atoms with Crippen molar-refractivity contribution in [3.05, 3.63) is 71.5 Å². The number of rotatable bonds is 7. The minimum absolute atomic E-state index is 0. The molecule has 0 unspecified atom stereocenters. The van der Waals surface area contributed by atoms with Crippen molar-refractivity contribution in [2.45, 2.75) is 25.7 Å². The largest absolute Gasteiger partial charge is 0.303 e. The van der Waals surface area contributed by atoms with Crippen LogP contribution in [0.3, 0.4) is 0 Å². The Morgan fingerprint density at radius 1 is 0.926 bits per heavy atom. The van der Waals surface area contributed by atoms with Gasteiger partial charge in [0.15, 0.2) is 11.6 Å². The molecule has 1 saturated heterocycles. The van der Waals surface area contributed by atoms with E-state index in [4.69, 9.17) is 0 Å². The minimum Gasteiger partial charge on any atom is -0.303 e. The van der Waals surface area contributed by atoms with Crippen LogP contribution in [0.15, 0.2) is 54.6 Å². The van der Waals surface area contributed by atoms with E-state index in [0.29, 0.717) is 12.0 Å². The molecule has 5 heteroatoms. The van der Waals surface area contributed by atoms with E-state index >= 15 is 0 Å². The third-order valence-corrected chi connectivity index (χ3v) is 5.06. The molecule has 0 aromatic heterocycles. The second-order valence-electron chi connectivity index (χ2n) is 6.88. The van der Waals surface area contributed by atoms with Crippen molar-refractivity contribution in [3.63, 3.8) is 0 Å². The van der Waals surface area contributed by atoms with Crippen LogP contribution in [0, 0.1) is 11.7 Å². The van der Waals surface area contributed by atoms with Gasteiger partial charge in [0.25, 0.3) is 0 Å². The summed E-state index contributed by atoms with van der Waals surface area (Å²) in [6.45, 7) is 2.65. The van der Waals surface area contributed by atoms with Gasteiger partial charge in [-0.1, -0.05) is 30.3 Å². The molecule has 0 radical (unpaired) electrons. The predicted molar refractivity (Wildman–Crippen MR) is 107 cm³/mol. The van der Waals surface area contributed by atoms with E-state index in [1.807, 2.05) is 30.3 Å². The summed E-state index contributed by atoms with van der Waals surface area (Å²) in [5.74, 6) is 0.0832. The molecule has 0 aliphatic carbocycles. The molecule has 1 aliphatic heterocycles. The molecule has 3 rings (SSSR count). The quantitative estimate of drug-likeness (QED) is 0.638. The highest BCUT2D eigenvalue weighted by molar-refractivity contribution is 5.98. The third-order valence-electron chi connectivity index (χ3n) is 5.06. The van der Waals surface area contributed by atoms with Gasteiger partial charge in [-0.05, 0) is 63.2 Å². The fraction of sp³-hybridized carbons (Fsp3) is 0.364. The van der Waals surface area contributed by atoms with Crippen molar-refractivity contribution >= 4 is 24.0 Å². The lowest BCUT2D eigenvalue weighted by atomic mass is 9.89. The number of Topliss-reactive ketones (excluding diaryl/α,β-unsaturated/α-hetero) is 2. The molecule has 0 N–H and O–H groups in total. The van der Waals surface area contributed by atoms with Crippen molar-refractivity contribution < 1.29 is 14.0 Å². The summed E-state index contributed by atoms with van der Waals surface area (Å²) >= 11 is 0. The van der Waals surface area contributed by atoms with E-state index in [-0.39, 0.29) is 35.7 Å². The summed E-state index contributed by atoms with van der Waals surface area (Å²) in [7, 11) is 0. The van der Waals surface area contributed by atoms with Crippen LogP contribution in [0.4, 0.5) is 4.39 Å². The monoisotopic (exact) mass is 389 g/mol. The Kier molecular flexibility index (Phi) is 8.14. The van der Waals surface area contributed by atoms with Gasteiger partial charge in [-0.15, -0.1) is 12.4 Å². The number of carbonyl (C=O) groups excluding carboxylic acids is 2. The summed E-state index contributed by atoms with van der Waals surface area (Å²) in [4.78, 5) is 26.9. The summed E-state index contributed by atoms with van der Waals surface area (Å²) in [6, 6.07) is 15.2. The van der Waals surface area contributed by atoms with Gasteiger partial charge in [-0.3, -0.25) is 9.59 Å². The first-order chi connectivity index (χ1) is 12.6. The highest BCUT2D eigenvalue weighted by Gasteiger charge is 2.25. The average Bonchev–Trinajstić information content (AvgIpc) is 2.69. The Balaban J connectivity index is 0.00000261. The number of benzene rings is 2. The third kappa shape index (κ3) is 5.98. The zero-order chi connectivity index (χ0) is 18.4. The Morgan fingerprint density at radius 2 is 1.56 bits per heavy atom. The maximum Gasteiger partial charge on any atom is 0.166 e. The van der Waals surface area contributed by atoms with E-state index < -0.39 is 0 Å². The molecule has 0 spiro atoms. The number of hydrogen-bond donors (Lipinski definition) is 0. The molecule has 0 bridgehead atoms. The zero-order valence-corrected chi connectivity index (χ0v) is 16.1. The lowest BCUT2D eigenvalue weighted by Gasteiger charge is -2.31. The molecule has 1 aliphatic rings. The topological polar surface area (TPSA) is 37.4 Å². The molecule has 0 atom stereocenters. The summed E-state index contributed by atoms with van der Waals surface area (Å²) in [6.07, 6.45) is 3.00. The average molecular weight is 390 g/mol. The lowest BCUT2D eigenvalue weighted by molar-refractivity contribution is 0.0837. The van der Waals surface area contributed by atoms with Gasteiger partial charge in [-0.2, -0.15) is 0 Å². The number of halogens is 2. The number of carbonyl (C=O) groups is 2. The summed E-state index contributed by atoms with van der Waals surface area (Å²) < 4.78 is 12.9. The second-order valence-corrected chi connectivity index (χ2v) is 6.88. The van der Waals surface area contributed by atoms with Crippen molar-refractivity contribution in [1.29, 1.82) is 0 Å². The van der Waals surface area contributed by atoms with Crippen LogP contribution in [0.1, 0.15) is 46.4 Å². The molecule has 3 nitrogen and oxygen atoms in total. The van der Waals surface area contributed by atoms with Gasteiger partial charge >= 0.3 is 0 Å². The molecule has 144 valence electrons. The molecular weight excluding hydrogens is 365 g/mol. The molecule has 27 heavy (non-hydrogen) atoms. The fourth-order valence-electron chi connectivity index (χ4n) is 3.50. The standard InChI is InChI=1S/C22H24FNO2.ClH/c23-20-10-8-17(9-11-20)21(25)7-4-14-24-15-12-19(13-16-24)22(26)18-5-2-1-3-6-18;/h1-3,5-6,8-11,19H,4,7,12-16H2;1H. The van der Waals surface area contributed by atoms with Crippen LogP contribution in [-0.2, 0) is 0 Å². The van der Waals surface area contributed by atoms with E-state index in [0.717, 1.165) is 44.5 Å². The van der Waals surface area contributed by atoms with Crippen molar-refractivity contribution in [2.24, 2.45) is 5.92 Å². The van der Waals surface area contributed by atoms with E-state index in [2.05, 4.69) is 4.90 Å². The number of nitrogens with zero attached hydrogens (tertiary/aromatic N) is 1. The molecule has 1 heterocycles. The maximum absolute atomic E-state index is 12.9. The summed E-state index contributed by atoms with van der Waals surface area (Å²) in [5, 5.41) is 0. The Hall–Kier alpha value is -2.04. The van der Waals surface area contributed by atoms with Crippen LogP contribution in [-0.4, -0.2) is 36.1 Å². The Bertz CT molecular complexity index is 741. The first-order valence-electron chi connectivity index (χ1n) is 9.24. The van der Waals surface area contributed by atoms with Gasteiger partial charge in [-0.25, -0.2) is 4.39 Å². The second kappa shape index (κ2) is 10.3. The number of likely N-dealkylation sites (tertiary alicyclic amines) is 1. The number of ketones is 2. The van der Waals surface area contributed by atoms with Crippen LogP contribution in [0.25, 0.3) is 0 Å². The summed E-state index contributed by atoms with van der Waals surface area (Å²) in [5.41, 5.74) is 1.37. The molecule has 2 aromatic carbocycles. The van der Waals surface area contributed by atoms with E-state index in [1.54, 1.807) is 12.1 Å². The Labute approximate surface area is 166 Å². The first-order valence-corrected chi connectivity index (χ1v) is 9.24. The van der Waals surface area contributed by atoms with Crippen LogP contribution in [0.2, 0.25) is 0 Å². The minimum atomic E-state index is -0.325. The molecule has 2 aromatic rings. The molecule has 1 fully saturated rings. The van der Waals surface area contributed by atoms with Crippen LogP contribution in [0.5, 0.6) is 0 Å². The van der Waals surface area contributed by atoms with Gasteiger partial charge in [0.2, 0.25) is 0 Å². The molecular formula is C22H25ClFNO2. The van der Waals surface area contributed by atoms with Gasteiger partial charge in [0.05, 0.1) is 0 Å². The van der Waals surface area contributed by atoms with Crippen molar-refractivity contribution in [1.82, 2.24) is 4.90 Å². The van der Waals surface area contributed by atoms with Gasteiger partial charge in [0, 0.05) is 23.5 Å². The van der Waals surface area contributed by atoms with Gasteiger partial charge in [0.1, 0.15) is 5.82 Å². The van der Waals surface area contributed by atoms with Crippen molar-refractivity contribution in [2.75, 3.05) is 19.6 Å². The zero-order valence-electron chi connectivity index (χ0n) is 15.3. The lowest BCUT2D eigenvalue weighted by Crippen LogP contribution is -2.37. The molecule has 0 amide bonds. The predicted octanol–water partition coefficient (Wildman–Crippen LogP) is 4.81. The van der Waals surface area contributed by atoms with Crippen LogP contribution < -0.4 is 0 Å². The first kappa shape index (κ1) is 21.3. The van der Waals surface area contributed by atoms with E-state index in [9.17, 15) is 14.0 Å². The van der Waals surface area contributed by atoms with Gasteiger partial charge < -0.3 is 4.90 Å². The SMILES string of the molecule is Cl.O=C(CCCN1CCC(C(=O)c2ccccc2)CC1)c1ccc(F)cc1.